The summed E-state index contributed by atoms with van der Waals surface area (Å²) in [5.41, 5.74) is 0.868. The van der Waals surface area contributed by atoms with Gasteiger partial charge in [-0.05, 0) is 17.3 Å². The smallest absolute Gasteiger partial charge is 0.216 e. The molecule has 0 amide bonds. The van der Waals surface area contributed by atoms with Gasteiger partial charge in [0.05, 0.1) is 27.4 Å². The fraction of sp³-hybridized carbons (Fsp3) is 0. The fourth-order valence-corrected chi connectivity index (χ4v) is 1.94. The first-order valence-electron chi connectivity index (χ1n) is 5.15. The Morgan fingerprint density at radius 1 is 1.30 bits per heavy atom. The maximum Gasteiger partial charge on any atom is 0.216 e. The number of tetrazole rings is 1. The van der Waals surface area contributed by atoms with E-state index in [2.05, 4.69) is 25.9 Å². The summed E-state index contributed by atoms with van der Waals surface area (Å²) >= 11 is 12.0. The van der Waals surface area contributed by atoms with Gasteiger partial charge in [0.2, 0.25) is 5.82 Å². The van der Waals surface area contributed by atoms with Gasteiger partial charge in [-0.2, -0.15) is 15.7 Å². The van der Waals surface area contributed by atoms with E-state index in [4.69, 9.17) is 33.7 Å². The first-order valence-corrected chi connectivity index (χ1v) is 5.91. The molecule has 2 rings (SSSR count). The van der Waals surface area contributed by atoms with Crippen molar-refractivity contribution in [2.45, 2.75) is 0 Å². The zero-order valence-electron chi connectivity index (χ0n) is 9.72. The highest BCUT2D eigenvalue weighted by Gasteiger charge is 2.09. The van der Waals surface area contributed by atoms with Gasteiger partial charge >= 0.3 is 0 Å². The van der Waals surface area contributed by atoms with Crippen molar-refractivity contribution in [1.82, 2.24) is 20.6 Å². The van der Waals surface area contributed by atoms with Gasteiger partial charge in [-0.15, -0.1) is 10.2 Å². The number of rotatable bonds is 3. The van der Waals surface area contributed by atoms with E-state index in [9.17, 15) is 0 Å². The minimum absolute atomic E-state index is 0.140. The van der Waals surface area contributed by atoms with Gasteiger partial charge < -0.3 is 5.32 Å². The van der Waals surface area contributed by atoms with Crippen molar-refractivity contribution in [2.75, 3.05) is 5.32 Å². The third-order valence-corrected chi connectivity index (χ3v) is 2.83. The zero-order valence-corrected chi connectivity index (χ0v) is 11.2. The highest BCUT2D eigenvalue weighted by Crippen LogP contribution is 2.32. The van der Waals surface area contributed by atoms with Gasteiger partial charge in [-0.3, -0.25) is 0 Å². The van der Waals surface area contributed by atoms with Crippen LogP contribution in [0.4, 0.5) is 5.69 Å². The molecule has 20 heavy (non-hydrogen) atoms. The molecule has 0 bridgehead atoms. The highest BCUT2D eigenvalue weighted by atomic mass is 35.5. The summed E-state index contributed by atoms with van der Waals surface area (Å²) in [6.45, 7) is 0. The van der Waals surface area contributed by atoms with Crippen LogP contribution < -0.4 is 5.32 Å². The Morgan fingerprint density at radius 3 is 2.50 bits per heavy atom. The van der Waals surface area contributed by atoms with Crippen LogP contribution in [0.25, 0.3) is 5.57 Å². The molecule has 0 aliphatic carbocycles. The number of nitriles is 2. The maximum absolute atomic E-state index is 9.01. The monoisotopic (exact) mass is 305 g/mol. The van der Waals surface area contributed by atoms with E-state index in [0.29, 0.717) is 11.3 Å². The molecule has 0 fully saturated rings. The van der Waals surface area contributed by atoms with Crippen LogP contribution in [0.1, 0.15) is 11.4 Å². The Kier molecular flexibility index (Phi) is 4.16. The summed E-state index contributed by atoms with van der Waals surface area (Å²) < 4.78 is 0. The third-order valence-electron chi connectivity index (χ3n) is 2.24. The van der Waals surface area contributed by atoms with Crippen LogP contribution in [0.5, 0.6) is 0 Å². The lowest BCUT2D eigenvalue weighted by Crippen LogP contribution is -1.95. The normalized spacial score (nSPS) is 10.7. The number of nitrogens with one attached hydrogen (secondary N) is 2. The van der Waals surface area contributed by atoms with E-state index in [1.807, 2.05) is 12.1 Å². The van der Waals surface area contributed by atoms with Crippen LogP contribution in [-0.2, 0) is 0 Å². The van der Waals surface area contributed by atoms with Gasteiger partial charge in [0.15, 0.2) is 0 Å². The molecule has 0 spiro atoms. The lowest BCUT2D eigenvalue weighted by molar-refractivity contribution is 0.881. The molecular formula is C11H5Cl2N7. The van der Waals surface area contributed by atoms with E-state index in [0.717, 1.165) is 0 Å². The number of nitrogens with zero attached hydrogens (tertiary/aromatic N) is 5. The average molecular weight is 306 g/mol. The molecule has 0 saturated carbocycles. The number of aromatic nitrogens is 4. The number of allylic oxidation sites excluding steroid dienone is 1. The van der Waals surface area contributed by atoms with Crippen LogP contribution in [0.3, 0.4) is 0 Å². The van der Waals surface area contributed by atoms with Crippen LogP contribution in [0.2, 0.25) is 10.0 Å². The second-order valence-electron chi connectivity index (χ2n) is 3.48. The molecule has 98 valence electrons. The number of hydrogen-bond donors (Lipinski definition) is 2. The summed E-state index contributed by atoms with van der Waals surface area (Å²) in [6.07, 6.45) is 1.35. The largest absolute Gasteiger partial charge is 0.358 e. The number of hydrogen-bond acceptors (Lipinski definition) is 6. The summed E-state index contributed by atoms with van der Waals surface area (Å²) in [7, 11) is 0. The Balaban J connectivity index is 2.32. The van der Waals surface area contributed by atoms with Crippen molar-refractivity contribution < 1.29 is 0 Å². The average Bonchev–Trinajstić information content (AvgIpc) is 2.95. The second kappa shape index (κ2) is 6.02. The van der Waals surface area contributed by atoms with Crippen LogP contribution in [0, 0.1) is 22.7 Å². The van der Waals surface area contributed by atoms with Gasteiger partial charge in [0.25, 0.3) is 0 Å². The van der Waals surface area contributed by atoms with Crippen molar-refractivity contribution in [3.8, 4) is 12.1 Å². The molecule has 2 aromatic rings. The standard InChI is InChI=1S/C11H5Cl2N7/c12-8-1-6(3-14)2-9(13)10(8)16-5-7(4-15)11-17-19-20-18-11/h1-2,5,16H,(H,17,18,19,20). The first kappa shape index (κ1) is 13.8. The summed E-state index contributed by atoms with van der Waals surface area (Å²) in [5, 5.41) is 34.1. The molecule has 1 heterocycles. The molecule has 1 aromatic carbocycles. The fourth-order valence-electron chi connectivity index (χ4n) is 1.34. The number of anilines is 1. The van der Waals surface area contributed by atoms with Crippen LogP contribution >= 0.6 is 23.2 Å². The SMILES string of the molecule is N#CC(=CNc1c(Cl)cc(C#N)cc1Cl)c1nn[nH]n1. The van der Waals surface area contributed by atoms with Crippen LogP contribution in [-0.4, -0.2) is 20.6 Å². The molecule has 0 atom stereocenters. The molecule has 2 N–H and O–H groups in total. The predicted octanol–water partition coefficient (Wildman–Crippen LogP) is 2.35. The Labute approximate surface area is 123 Å². The molecule has 0 saturated heterocycles. The number of halogens is 2. The van der Waals surface area contributed by atoms with Crippen molar-refractivity contribution >= 4 is 34.5 Å². The van der Waals surface area contributed by atoms with E-state index in [-0.39, 0.29) is 21.4 Å². The Bertz CT molecular complexity index is 714. The Morgan fingerprint density at radius 2 is 2.00 bits per heavy atom. The summed E-state index contributed by atoms with van der Waals surface area (Å²) in [6, 6.07) is 6.77. The minimum Gasteiger partial charge on any atom is -0.358 e. The molecule has 1 aromatic heterocycles. The molecule has 0 aliphatic heterocycles. The highest BCUT2D eigenvalue weighted by molar-refractivity contribution is 6.39. The number of benzene rings is 1. The van der Waals surface area contributed by atoms with Crippen molar-refractivity contribution in [1.29, 1.82) is 10.5 Å². The Hall–Kier alpha value is -2.61. The number of H-pyrrole nitrogens is 1. The molecule has 0 radical (unpaired) electrons. The van der Waals surface area contributed by atoms with Gasteiger partial charge in [0.1, 0.15) is 11.6 Å². The van der Waals surface area contributed by atoms with Crippen molar-refractivity contribution in [3.63, 3.8) is 0 Å². The molecule has 7 nitrogen and oxygen atoms in total. The van der Waals surface area contributed by atoms with Crippen molar-refractivity contribution in [2.24, 2.45) is 0 Å². The quantitative estimate of drug-likeness (QED) is 0.841. The lowest BCUT2D eigenvalue weighted by Gasteiger charge is -2.07. The molecule has 0 unspecified atom stereocenters. The van der Waals surface area contributed by atoms with E-state index < -0.39 is 0 Å². The molecule has 0 aliphatic rings. The molecule has 9 heteroatoms. The van der Waals surface area contributed by atoms with Crippen molar-refractivity contribution in [3.05, 3.63) is 39.8 Å². The lowest BCUT2D eigenvalue weighted by atomic mass is 10.2. The topological polar surface area (TPSA) is 114 Å². The van der Waals surface area contributed by atoms with E-state index in [1.165, 1.54) is 18.3 Å². The minimum atomic E-state index is 0.140. The summed E-state index contributed by atoms with van der Waals surface area (Å²) in [4.78, 5) is 0. The maximum atomic E-state index is 9.01. The number of aromatic amines is 1. The van der Waals surface area contributed by atoms with Crippen LogP contribution in [0.15, 0.2) is 18.3 Å². The van der Waals surface area contributed by atoms with E-state index >= 15 is 0 Å². The van der Waals surface area contributed by atoms with Gasteiger partial charge in [-0.1, -0.05) is 23.2 Å². The van der Waals surface area contributed by atoms with Gasteiger partial charge in [-0.25, -0.2) is 0 Å². The zero-order chi connectivity index (χ0) is 14.5. The molecular weight excluding hydrogens is 301 g/mol. The van der Waals surface area contributed by atoms with E-state index in [1.54, 1.807) is 0 Å². The third kappa shape index (κ3) is 2.86. The predicted molar refractivity (Wildman–Crippen MR) is 72.6 cm³/mol. The summed E-state index contributed by atoms with van der Waals surface area (Å²) in [5.74, 6) is 0.140. The van der Waals surface area contributed by atoms with Gasteiger partial charge in [0, 0.05) is 6.20 Å². The second-order valence-corrected chi connectivity index (χ2v) is 4.29. The first-order chi connectivity index (χ1) is 9.65.